The molecule has 1 N–H and O–H groups in total. The summed E-state index contributed by atoms with van der Waals surface area (Å²) < 4.78 is 5.32. The molecule has 0 spiro atoms. The van der Waals surface area contributed by atoms with Crippen LogP contribution >= 0.6 is 11.6 Å². The number of ether oxygens (including phenoxy) is 1. The molecule has 3 aromatic rings. The van der Waals surface area contributed by atoms with E-state index < -0.39 is 0 Å². The van der Waals surface area contributed by atoms with Gasteiger partial charge in [0.05, 0.1) is 29.9 Å². The maximum absolute atomic E-state index is 10.4. The van der Waals surface area contributed by atoms with Crippen LogP contribution in [0.5, 0.6) is 11.5 Å². The Morgan fingerprint density at radius 1 is 0.889 bits per heavy atom. The van der Waals surface area contributed by atoms with Crippen LogP contribution in [-0.4, -0.2) is 23.6 Å². The molecule has 27 heavy (non-hydrogen) atoms. The molecule has 3 aromatic carbocycles. The minimum atomic E-state index is 0.157. The van der Waals surface area contributed by atoms with Crippen molar-refractivity contribution in [3.05, 3.63) is 82.9 Å². The first-order chi connectivity index (χ1) is 13.1. The second-order valence-electron chi connectivity index (χ2n) is 6.17. The van der Waals surface area contributed by atoms with Crippen LogP contribution in [0.4, 0.5) is 11.4 Å². The summed E-state index contributed by atoms with van der Waals surface area (Å²) in [6, 6.07) is 20.4. The lowest BCUT2D eigenvalue weighted by atomic mass is 9.99. The quantitative estimate of drug-likeness (QED) is 0.637. The highest BCUT2D eigenvalue weighted by atomic mass is 35.5. The zero-order chi connectivity index (χ0) is 18.8. The summed E-state index contributed by atoms with van der Waals surface area (Å²) in [5, 5.41) is 11.1. The molecule has 5 heteroatoms. The standard InChI is InChI=1S/C22H17ClN2O2/c1-27-16-10-11-22(26)17(12-16)21-13-20(14-6-8-15(23)9-7-14)24-18-4-2-3-5-19(18)25-21/h2-12,26H,13H2,1H3. The first-order valence-corrected chi connectivity index (χ1v) is 8.89. The highest BCUT2D eigenvalue weighted by Crippen LogP contribution is 2.34. The number of phenols is 1. The number of hydrogen-bond acceptors (Lipinski definition) is 4. The fraction of sp³-hybridized carbons (Fsp3) is 0.0909. The molecule has 0 bridgehead atoms. The molecule has 134 valence electrons. The first-order valence-electron chi connectivity index (χ1n) is 8.51. The molecule has 0 saturated carbocycles. The molecule has 0 radical (unpaired) electrons. The highest BCUT2D eigenvalue weighted by molar-refractivity contribution is 6.30. The number of benzene rings is 3. The Kier molecular flexibility index (Phi) is 4.65. The van der Waals surface area contributed by atoms with E-state index in [0.717, 1.165) is 28.4 Å². The van der Waals surface area contributed by atoms with Crippen LogP contribution in [0.2, 0.25) is 5.02 Å². The smallest absolute Gasteiger partial charge is 0.124 e. The SMILES string of the molecule is COc1ccc(O)c(C2=Nc3ccccc3N=C(c3ccc(Cl)cc3)C2)c1. The van der Waals surface area contributed by atoms with Crippen LogP contribution in [0.3, 0.4) is 0 Å². The molecule has 0 atom stereocenters. The van der Waals surface area contributed by atoms with Gasteiger partial charge in [-0.1, -0.05) is 35.9 Å². The van der Waals surface area contributed by atoms with Crippen molar-refractivity contribution in [1.82, 2.24) is 0 Å². The summed E-state index contributed by atoms with van der Waals surface area (Å²) in [4.78, 5) is 9.63. The number of hydrogen-bond donors (Lipinski definition) is 1. The minimum absolute atomic E-state index is 0.157. The topological polar surface area (TPSA) is 54.2 Å². The summed E-state index contributed by atoms with van der Waals surface area (Å²) in [5.74, 6) is 0.817. The molecule has 0 aromatic heterocycles. The van der Waals surface area contributed by atoms with Gasteiger partial charge in [0.25, 0.3) is 0 Å². The molecule has 0 amide bonds. The van der Waals surface area contributed by atoms with Crippen LogP contribution in [0.15, 0.2) is 76.7 Å². The van der Waals surface area contributed by atoms with E-state index in [9.17, 15) is 5.11 Å². The largest absolute Gasteiger partial charge is 0.507 e. The van der Waals surface area contributed by atoms with Crippen molar-refractivity contribution < 1.29 is 9.84 Å². The second kappa shape index (κ2) is 7.25. The Labute approximate surface area is 162 Å². The lowest BCUT2D eigenvalue weighted by molar-refractivity contribution is 0.412. The molecule has 0 aliphatic carbocycles. The van der Waals surface area contributed by atoms with E-state index in [-0.39, 0.29) is 5.75 Å². The number of methoxy groups -OCH3 is 1. The maximum atomic E-state index is 10.4. The van der Waals surface area contributed by atoms with Gasteiger partial charge in [0, 0.05) is 17.0 Å². The van der Waals surface area contributed by atoms with Crippen molar-refractivity contribution in [2.45, 2.75) is 6.42 Å². The van der Waals surface area contributed by atoms with Gasteiger partial charge in [-0.2, -0.15) is 0 Å². The minimum Gasteiger partial charge on any atom is -0.507 e. The molecular formula is C22H17ClN2O2. The number of para-hydroxylation sites is 2. The zero-order valence-corrected chi connectivity index (χ0v) is 15.4. The molecule has 4 rings (SSSR count). The zero-order valence-electron chi connectivity index (χ0n) is 14.7. The number of aliphatic imine (C=N–C) groups is 2. The summed E-state index contributed by atoms with van der Waals surface area (Å²) >= 11 is 6.03. The number of halogens is 1. The van der Waals surface area contributed by atoms with Gasteiger partial charge >= 0.3 is 0 Å². The van der Waals surface area contributed by atoms with Crippen molar-refractivity contribution in [3.8, 4) is 11.5 Å². The van der Waals surface area contributed by atoms with Gasteiger partial charge in [-0.3, -0.25) is 9.98 Å². The average Bonchev–Trinajstić information content (AvgIpc) is 2.88. The normalized spacial score (nSPS) is 13.3. The van der Waals surface area contributed by atoms with Crippen LogP contribution in [-0.2, 0) is 0 Å². The molecule has 0 saturated heterocycles. The van der Waals surface area contributed by atoms with Crippen molar-refractivity contribution >= 4 is 34.4 Å². The fourth-order valence-electron chi connectivity index (χ4n) is 3.02. The van der Waals surface area contributed by atoms with E-state index >= 15 is 0 Å². The monoisotopic (exact) mass is 376 g/mol. The Bertz CT molecular complexity index is 1060. The first kappa shape index (κ1) is 17.3. The molecule has 1 aliphatic rings. The van der Waals surface area contributed by atoms with Crippen molar-refractivity contribution in [1.29, 1.82) is 0 Å². The molecule has 0 unspecified atom stereocenters. The maximum Gasteiger partial charge on any atom is 0.124 e. The Balaban J connectivity index is 1.87. The van der Waals surface area contributed by atoms with Crippen molar-refractivity contribution in [2.75, 3.05) is 7.11 Å². The number of phenolic OH excluding ortho intramolecular Hbond substituents is 1. The van der Waals surface area contributed by atoms with Gasteiger partial charge in [-0.15, -0.1) is 0 Å². The van der Waals surface area contributed by atoms with E-state index in [2.05, 4.69) is 0 Å². The van der Waals surface area contributed by atoms with Crippen LogP contribution < -0.4 is 4.74 Å². The van der Waals surface area contributed by atoms with E-state index in [1.54, 1.807) is 25.3 Å². The van der Waals surface area contributed by atoms with Gasteiger partial charge < -0.3 is 9.84 Å². The summed E-state index contributed by atoms with van der Waals surface area (Å²) in [6.07, 6.45) is 0.469. The highest BCUT2D eigenvalue weighted by Gasteiger charge is 2.19. The van der Waals surface area contributed by atoms with Crippen LogP contribution in [0.1, 0.15) is 17.5 Å². The van der Waals surface area contributed by atoms with Crippen molar-refractivity contribution in [2.24, 2.45) is 9.98 Å². The number of rotatable bonds is 3. The molecule has 1 aliphatic heterocycles. The van der Waals surface area contributed by atoms with E-state index in [1.807, 2.05) is 48.5 Å². The summed E-state index contributed by atoms with van der Waals surface area (Å²) in [6.45, 7) is 0. The van der Waals surface area contributed by atoms with Gasteiger partial charge in [0.1, 0.15) is 11.5 Å². The Morgan fingerprint density at radius 2 is 1.56 bits per heavy atom. The van der Waals surface area contributed by atoms with Crippen molar-refractivity contribution in [3.63, 3.8) is 0 Å². The average molecular weight is 377 g/mol. The van der Waals surface area contributed by atoms with E-state index in [4.69, 9.17) is 26.3 Å². The van der Waals surface area contributed by atoms with Gasteiger partial charge in [0.15, 0.2) is 0 Å². The third-order valence-corrected chi connectivity index (χ3v) is 4.67. The number of fused-ring (bicyclic) bond motifs is 1. The van der Waals surface area contributed by atoms with Crippen LogP contribution in [0, 0.1) is 0 Å². The van der Waals surface area contributed by atoms with Gasteiger partial charge in [-0.05, 0) is 48.0 Å². The predicted octanol–water partition coefficient (Wildman–Crippen LogP) is 5.70. The number of nitrogens with zero attached hydrogens (tertiary/aromatic N) is 2. The molecule has 4 nitrogen and oxygen atoms in total. The van der Waals surface area contributed by atoms with Crippen LogP contribution in [0.25, 0.3) is 0 Å². The summed E-state index contributed by atoms with van der Waals surface area (Å²) in [7, 11) is 1.60. The van der Waals surface area contributed by atoms with Gasteiger partial charge in [0.2, 0.25) is 0 Å². The summed E-state index contributed by atoms with van der Waals surface area (Å²) in [5.41, 5.74) is 4.74. The van der Waals surface area contributed by atoms with Gasteiger partial charge in [-0.25, -0.2) is 0 Å². The number of aromatic hydroxyl groups is 1. The molecular weight excluding hydrogens is 360 g/mol. The molecule has 1 heterocycles. The lowest BCUT2D eigenvalue weighted by Gasteiger charge is -2.11. The Morgan fingerprint density at radius 3 is 2.22 bits per heavy atom. The predicted molar refractivity (Wildman–Crippen MR) is 110 cm³/mol. The third kappa shape index (κ3) is 3.57. The fourth-order valence-corrected chi connectivity index (χ4v) is 3.15. The molecule has 0 fully saturated rings. The Hall–Kier alpha value is -3.11. The van der Waals surface area contributed by atoms with E-state index in [1.165, 1.54) is 0 Å². The van der Waals surface area contributed by atoms with E-state index in [0.29, 0.717) is 22.8 Å². The lowest BCUT2D eigenvalue weighted by Crippen LogP contribution is -2.10. The second-order valence-corrected chi connectivity index (χ2v) is 6.61. The third-order valence-electron chi connectivity index (χ3n) is 4.42.